The lowest BCUT2D eigenvalue weighted by molar-refractivity contribution is 0.243. The van der Waals surface area contributed by atoms with Gasteiger partial charge < -0.3 is 11.1 Å². The van der Waals surface area contributed by atoms with Gasteiger partial charge in [-0.25, -0.2) is 4.79 Å². The third-order valence-corrected chi connectivity index (χ3v) is 2.23. The second-order valence-electron chi connectivity index (χ2n) is 3.15. The van der Waals surface area contributed by atoms with E-state index in [1.54, 1.807) is 0 Å². The molecule has 0 bridgehead atoms. The zero-order valence-electron chi connectivity index (χ0n) is 6.89. The van der Waals surface area contributed by atoms with E-state index in [-0.39, 0.29) is 6.04 Å². The Morgan fingerprint density at radius 2 is 2.36 bits per heavy atom. The van der Waals surface area contributed by atoms with Crippen molar-refractivity contribution in [1.82, 2.24) is 5.32 Å². The first-order valence-electron chi connectivity index (χ1n) is 4.08. The van der Waals surface area contributed by atoms with Crippen LogP contribution in [0.15, 0.2) is 0 Å². The van der Waals surface area contributed by atoms with Gasteiger partial charge in [0.15, 0.2) is 0 Å². The fourth-order valence-corrected chi connectivity index (χ4v) is 1.54. The molecule has 1 aliphatic rings. The minimum Gasteiger partial charge on any atom is -0.352 e. The highest BCUT2D eigenvalue weighted by molar-refractivity contribution is 5.72. The predicted molar refractivity (Wildman–Crippen MR) is 43.9 cm³/mol. The van der Waals surface area contributed by atoms with Gasteiger partial charge in [-0.3, -0.25) is 0 Å². The highest BCUT2D eigenvalue weighted by Crippen LogP contribution is 2.25. The van der Waals surface area contributed by atoms with Crippen molar-refractivity contribution in [2.45, 2.75) is 38.6 Å². The molecule has 0 spiro atoms. The Balaban J connectivity index is 2.35. The summed E-state index contributed by atoms with van der Waals surface area (Å²) in [4.78, 5) is 10.5. The fraction of sp³-hybridized carbons (Fsp3) is 0.750. The van der Waals surface area contributed by atoms with Crippen molar-refractivity contribution in [3.05, 3.63) is 5.92 Å². The maximum absolute atomic E-state index is 10.5. The zero-order valence-corrected chi connectivity index (χ0v) is 6.89. The van der Waals surface area contributed by atoms with Gasteiger partial charge in [-0.05, 0) is 18.8 Å². The summed E-state index contributed by atoms with van der Waals surface area (Å²) < 4.78 is 0. The minimum absolute atomic E-state index is 0.237. The number of rotatable bonds is 1. The van der Waals surface area contributed by atoms with Crippen LogP contribution in [0.5, 0.6) is 0 Å². The number of hydrogen-bond donors (Lipinski definition) is 2. The molecule has 3 heteroatoms. The van der Waals surface area contributed by atoms with Crippen LogP contribution in [0.3, 0.4) is 0 Å². The van der Waals surface area contributed by atoms with Crippen molar-refractivity contribution < 1.29 is 4.79 Å². The van der Waals surface area contributed by atoms with Crippen LogP contribution in [0.1, 0.15) is 32.6 Å². The van der Waals surface area contributed by atoms with Gasteiger partial charge in [-0.1, -0.05) is 19.8 Å². The van der Waals surface area contributed by atoms with Crippen molar-refractivity contribution in [1.29, 1.82) is 0 Å². The predicted octanol–water partition coefficient (Wildman–Crippen LogP) is 1.19. The Labute approximate surface area is 67.3 Å². The zero-order chi connectivity index (χ0) is 8.27. The Hall–Kier alpha value is -0.730. The van der Waals surface area contributed by atoms with Gasteiger partial charge in [0, 0.05) is 6.04 Å². The Morgan fingerprint density at radius 3 is 2.91 bits per heavy atom. The SMILES string of the molecule is C[C]1CCCCC1NC(N)=O. The molecule has 0 aromatic carbocycles. The molecule has 0 aromatic heterocycles. The number of carbonyl (C=O) groups is 1. The molecule has 0 aromatic rings. The highest BCUT2D eigenvalue weighted by Gasteiger charge is 2.21. The van der Waals surface area contributed by atoms with Crippen LogP contribution in [0.25, 0.3) is 0 Å². The van der Waals surface area contributed by atoms with Gasteiger partial charge >= 0.3 is 6.03 Å². The van der Waals surface area contributed by atoms with Crippen molar-refractivity contribution in [3.8, 4) is 0 Å². The van der Waals surface area contributed by atoms with E-state index in [9.17, 15) is 4.79 Å². The summed E-state index contributed by atoms with van der Waals surface area (Å²) in [6.45, 7) is 2.08. The third-order valence-electron chi connectivity index (χ3n) is 2.23. The minimum atomic E-state index is -0.406. The molecule has 1 unspecified atom stereocenters. The molecule has 0 saturated heterocycles. The van der Waals surface area contributed by atoms with E-state index in [4.69, 9.17) is 5.73 Å². The van der Waals surface area contributed by atoms with Crippen molar-refractivity contribution >= 4 is 6.03 Å². The molecule has 0 heterocycles. The smallest absolute Gasteiger partial charge is 0.312 e. The summed E-state index contributed by atoms with van der Waals surface area (Å²) in [7, 11) is 0. The fourth-order valence-electron chi connectivity index (χ4n) is 1.54. The lowest BCUT2D eigenvalue weighted by atomic mass is 9.86. The van der Waals surface area contributed by atoms with E-state index >= 15 is 0 Å². The van der Waals surface area contributed by atoms with Crippen LogP contribution in [0, 0.1) is 5.92 Å². The summed E-state index contributed by atoms with van der Waals surface area (Å²) in [6, 6.07) is -0.169. The second kappa shape index (κ2) is 3.60. The number of urea groups is 1. The molecule has 11 heavy (non-hydrogen) atoms. The molecule has 1 radical (unpaired) electrons. The van der Waals surface area contributed by atoms with Crippen molar-refractivity contribution in [2.75, 3.05) is 0 Å². The van der Waals surface area contributed by atoms with E-state index in [1.807, 2.05) is 0 Å². The number of amides is 2. The topological polar surface area (TPSA) is 55.1 Å². The van der Waals surface area contributed by atoms with Crippen LogP contribution >= 0.6 is 0 Å². The van der Waals surface area contributed by atoms with E-state index < -0.39 is 6.03 Å². The first kappa shape index (κ1) is 8.37. The normalized spacial score (nSPS) is 26.5. The van der Waals surface area contributed by atoms with Crippen LogP contribution in [-0.2, 0) is 0 Å². The van der Waals surface area contributed by atoms with E-state index in [0.717, 1.165) is 12.8 Å². The maximum Gasteiger partial charge on any atom is 0.312 e. The molecular weight excluding hydrogens is 140 g/mol. The standard InChI is InChI=1S/C8H15N2O/c1-6-4-2-3-5-7(6)10-8(9)11/h7H,2-5H2,1H3,(H3,9,10,11). The van der Waals surface area contributed by atoms with Gasteiger partial charge in [0.25, 0.3) is 0 Å². The molecular formula is C8H15N2O. The molecule has 1 saturated carbocycles. The van der Waals surface area contributed by atoms with E-state index in [1.165, 1.54) is 18.8 Å². The van der Waals surface area contributed by atoms with Crippen molar-refractivity contribution in [3.63, 3.8) is 0 Å². The van der Waals surface area contributed by atoms with Gasteiger partial charge in [0.05, 0.1) is 0 Å². The quantitative estimate of drug-likeness (QED) is 0.587. The molecule has 1 rings (SSSR count). The molecule has 3 nitrogen and oxygen atoms in total. The second-order valence-corrected chi connectivity index (χ2v) is 3.15. The first-order valence-corrected chi connectivity index (χ1v) is 4.08. The van der Waals surface area contributed by atoms with Gasteiger partial charge in [0.1, 0.15) is 0 Å². The molecule has 0 aliphatic heterocycles. The lowest BCUT2D eigenvalue weighted by Crippen LogP contribution is -2.42. The number of carbonyl (C=O) groups excluding carboxylic acids is 1. The number of nitrogens with two attached hydrogens (primary N) is 1. The lowest BCUT2D eigenvalue weighted by Gasteiger charge is -2.28. The van der Waals surface area contributed by atoms with E-state index in [2.05, 4.69) is 12.2 Å². The molecule has 1 fully saturated rings. The summed E-state index contributed by atoms with van der Waals surface area (Å²) in [5.41, 5.74) is 5.02. The summed E-state index contributed by atoms with van der Waals surface area (Å²) in [6.07, 6.45) is 4.63. The summed E-state index contributed by atoms with van der Waals surface area (Å²) in [5, 5.41) is 2.73. The van der Waals surface area contributed by atoms with Gasteiger partial charge in [-0.15, -0.1) is 0 Å². The maximum atomic E-state index is 10.5. The third kappa shape index (κ3) is 2.41. The monoisotopic (exact) mass is 155 g/mol. The number of primary amides is 1. The molecule has 1 atom stereocenters. The number of hydrogen-bond acceptors (Lipinski definition) is 1. The highest BCUT2D eigenvalue weighted by atomic mass is 16.2. The largest absolute Gasteiger partial charge is 0.352 e. The van der Waals surface area contributed by atoms with Crippen LogP contribution < -0.4 is 11.1 Å². The van der Waals surface area contributed by atoms with Crippen LogP contribution in [0.4, 0.5) is 4.79 Å². The molecule has 63 valence electrons. The Morgan fingerprint density at radius 1 is 1.64 bits per heavy atom. The molecule has 3 N–H and O–H groups in total. The molecule has 2 amide bonds. The van der Waals surface area contributed by atoms with Gasteiger partial charge in [-0.2, -0.15) is 0 Å². The Bertz CT molecular complexity index is 147. The number of nitrogens with one attached hydrogen (secondary N) is 1. The van der Waals surface area contributed by atoms with E-state index in [0.29, 0.717) is 0 Å². The average molecular weight is 155 g/mol. The molecule has 1 aliphatic carbocycles. The van der Waals surface area contributed by atoms with Gasteiger partial charge in [0.2, 0.25) is 0 Å². The van der Waals surface area contributed by atoms with Crippen molar-refractivity contribution in [2.24, 2.45) is 5.73 Å². The summed E-state index contributed by atoms with van der Waals surface area (Å²) in [5.74, 6) is 1.36. The Kier molecular flexibility index (Phi) is 2.74. The average Bonchev–Trinajstić information content (AvgIpc) is 1.93. The first-order chi connectivity index (χ1) is 5.20. The van der Waals surface area contributed by atoms with Crippen LogP contribution in [0.2, 0.25) is 0 Å². The van der Waals surface area contributed by atoms with Crippen LogP contribution in [-0.4, -0.2) is 12.1 Å². The summed E-state index contributed by atoms with van der Waals surface area (Å²) >= 11 is 0.